The van der Waals surface area contributed by atoms with Crippen LogP contribution in [0, 0.1) is 6.92 Å². The van der Waals surface area contributed by atoms with Crippen molar-refractivity contribution in [2.24, 2.45) is 0 Å². The summed E-state index contributed by atoms with van der Waals surface area (Å²) in [6.07, 6.45) is 0. The van der Waals surface area contributed by atoms with Crippen molar-refractivity contribution in [2.45, 2.75) is 6.92 Å². The molecule has 0 fully saturated rings. The predicted molar refractivity (Wildman–Crippen MR) is 73.2 cm³/mol. The van der Waals surface area contributed by atoms with E-state index in [-0.39, 0.29) is 5.78 Å². The number of ketones is 1. The van der Waals surface area contributed by atoms with Gasteiger partial charge in [0.2, 0.25) is 0 Å². The molecule has 2 rings (SSSR count). The van der Waals surface area contributed by atoms with E-state index in [1.165, 1.54) is 0 Å². The van der Waals surface area contributed by atoms with Gasteiger partial charge in [0.1, 0.15) is 0 Å². The van der Waals surface area contributed by atoms with E-state index in [2.05, 4.69) is 15.9 Å². The zero-order chi connectivity index (χ0) is 12.4. The van der Waals surface area contributed by atoms with Crippen molar-refractivity contribution in [1.82, 2.24) is 0 Å². The normalized spacial score (nSPS) is 10.2. The summed E-state index contributed by atoms with van der Waals surface area (Å²) in [6, 6.07) is 12.8. The molecular formula is C14H12BrNO. The van der Waals surface area contributed by atoms with Crippen LogP contribution in [0.1, 0.15) is 21.5 Å². The Kier molecular flexibility index (Phi) is 3.29. The van der Waals surface area contributed by atoms with Gasteiger partial charge in [-0.2, -0.15) is 0 Å². The number of anilines is 1. The Morgan fingerprint density at radius 3 is 2.53 bits per heavy atom. The molecule has 0 bridgehead atoms. The van der Waals surface area contributed by atoms with Gasteiger partial charge in [-0.05, 0) is 31.2 Å². The standard InChI is InChI=1S/C14H12BrNO/c1-9-3-2-4-10(5-9)14(17)11-6-12(15)8-13(16)7-11/h2-8H,16H2,1H3. The Hall–Kier alpha value is -1.61. The SMILES string of the molecule is Cc1cccc(C(=O)c2cc(N)cc(Br)c2)c1. The number of benzene rings is 2. The van der Waals surface area contributed by atoms with Crippen LogP contribution >= 0.6 is 15.9 Å². The van der Waals surface area contributed by atoms with Gasteiger partial charge in [0, 0.05) is 21.3 Å². The minimum absolute atomic E-state index is 0.0123. The molecule has 0 aliphatic rings. The lowest BCUT2D eigenvalue weighted by molar-refractivity contribution is 0.103. The molecule has 0 heterocycles. The molecule has 0 aliphatic heterocycles. The Morgan fingerprint density at radius 2 is 1.88 bits per heavy atom. The van der Waals surface area contributed by atoms with Gasteiger partial charge in [0.25, 0.3) is 0 Å². The maximum atomic E-state index is 12.2. The van der Waals surface area contributed by atoms with Gasteiger partial charge in [-0.15, -0.1) is 0 Å². The van der Waals surface area contributed by atoms with Crippen molar-refractivity contribution >= 4 is 27.4 Å². The van der Waals surface area contributed by atoms with Gasteiger partial charge in [-0.3, -0.25) is 4.79 Å². The van der Waals surface area contributed by atoms with Crippen LogP contribution in [-0.4, -0.2) is 5.78 Å². The maximum Gasteiger partial charge on any atom is 0.193 e. The highest BCUT2D eigenvalue weighted by atomic mass is 79.9. The van der Waals surface area contributed by atoms with E-state index in [1.807, 2.05) is 31.2 Å². The average molecular weight is 290 g/mol. The molecule has 2 nitrogen and oxygen atoms in total. The number of halogens is 1. The van der Waals surface area contributed by atoms with E-state index in [0.717, 1.165) is 10.0 Å². The van der Waals surface area contributed by atoms with Gasteiger partial charge in [0.15, 0.2) is 5.78 Å². The second-order valence-corrected chi connectivity index (χ2v) is 4.89. The maximum absolute atomic E-state index is 12.2. The zero-order valence-electron chi connectivity index (χ0n) is 9.41. The van der Waals surface area contributed by atoms with E-state index >= 15 is 0 Å². The lowest BCUT2D eigenvalue weighted by Crippen LogP contribution is -2.02. The van der Waals surface area contributed by atoms with Crippen molar-refractivity contribution in [3.8, 4) is 0 Å². The third kappa shape index (κ3) is 2.74. The van der Waals surface area contributed by atoms with E-state index in [9.17, 15) is 4.79 Å². The van der Waals surface area contributed by atoms with E-state index < -0.39 is 0 Å². The first-order chi connectivity index (χ1) is 8.06. The quantitative estimate of drug-likeness (QED) is 0.678. The third-order valence-corrected chi connectivity index (χ3v) is 2.92. The molecule has 0 radical (unpaired) electrons. The molecule has 17 heavy (non-hydrogen) atoms. The Bertz CT molecular complexity index is 558. The monoisotopic (exact) mass is 289 g/mol. The summed E-state index contributed by atoms with van der Waals surface area (Å²) in [6.45, 7) is 1.96. The minimum atomic E-state index is -0.0123. The summed E-state index contributed by atoms with van der Waals surface area (Å²) in [5.74, 6) is -0.0123. The fourth-order valence-electron chi connectivity index (χ4n) is 1.70. The third-order valence-electron chi connectivity index (χ3n) is 2.46. The van der Waals surface area contributed by atoms with Crippen LogP contribution in [-0.2, 0) is 0 Å². The molecule has 2 aromatic rings. The molecule has 0 amide bonds. The fourth-order valence-corrected chi connectivity index (χ4v) is 2.21. The molecule has 3 heteroatoms. The van der Waals surface area contributed by atoms with E-state index in [0.29, 0.717) is 16.8 Å². The van der Waals surface area contributed by atoms with E-state index in [1.54, 1.807) is 18.2 Å². The molecule has 0 saturated carbocycles. The van der Waals surface area contributed by atoms with Gasteiger partial charge in [-0.25, -0.2) is 0 Å². The van der Waals surface area contributed by atoms with Gasteiger partial charge < -0.3 is 5.73 Å². The van der Waals surface area contributed by atoms with E-state index in [4.69, 9.17) is 5.73 Å². The lowest BCUT2D eigenvalue weighted by Gasteiger charge is -2.04. The Labute approximate surface area is 109 Å². The van der Waals surface area contributed by atoms with Crippen molar-refractivity contribution in [3.05, 3.63) is 63.6 Å². The highest BCUT2D eigenvalue weighted by Gasteiger charge is 2.10. The Morgan fingerprint density at radius 1 is 1.12 bits per heavy atom. The highest BCUT2D eigenvalue weighted by molar-refractivity contribution is 9.10. The molecule has 0 aromatic heterocycles. The molecule has 2 aromatic carbocycles. The van der Waals surface area contributed by atoms with Crippen LogP contribution in [0.15, 0.2) is 46.9 Å². The molecule has 86 valence electrons. The van der Waals surface area contributed by atoms with Crippen molar-refractivity contribution in [1.29, 1.82) is 0 Å². The first kappa shape index (κ1) is 11.9. The van der Waals surface area contributed by atoms with Crippen LogP contribution in [0.4, 0.5) is 5.69 Å². The molecule has 0 spiro atoms. The summed E-state index contributed by atoms with van der Waals surface area (Å²) in [4.78, 5) is 12.2. The Balaban J connectivity index is 2.43. The van der Waals surface area contributed by atoms with Crippen LogP contribution < -0.4 is 5.73 Å². The largest absolute Gasteiger partial charge is 0.399 e. The second kappa shape index (κ2) is 4.72. The summed E-state index contributed by atoms with van der Waals surface area (Å²) >= 11 is 3.34. The van der Waals surface area contributed by atoms with Gasteiger partial charge in [0.05, 0.1) is 0 Å². The first-order valence-electron chi connectivity index (χ1n) is 5.24. The van der Waals surface area contributed by atoms with Crippen LogP contribution in [0.25, 0.3) is 0 Å². The van der Waals surface area contributed by atoms with Crippen molar-refractivity contribution < 1.29 is 4.79 Å². The number of rotatable bonds is 2. The lowest BCUT2D eigenvalue weighted by atomic mass is 10.0. The molecular weight excluding hydrogens is 278 g/mol. The second-order valence-electron chi connectivity index (χ2n) is 3.97. The fraction of sp³-hybridized carbons (Fsp3) is 0.0714. The van der Waals surface area contributed by atoms with Gasteiger partial charge in [-0.1, -0.05) is 39.7 Å². The summed E-state index contributed by atoms with van der Waals surface area (Å²) in [5, 5.41) is 0. The number of aryl methyl sites for hydroxylation is 1. The van der Waals surface area contributed by atoms with Gasteiger partial charge >= 0.3 is 0 Å². The predicted octanol–water partition coefficient (Wildman–Crippen LogP) is 3.57. The topological polar surface area (TPSA) is 43.1 Å². The molecule has 2 N–H and O–H groups in total. The van der Waals surface area contributed by atoms with Crippen LogP contribution in [0.2, 0.25) is 0 Å². The van der Waals surface area contributed by atoms with Crippen LogP contribution in [0.3, 0.4) is 0 Å². The number of nitrogen functional groups attached to an aromatic ring is 1. The number of carbonyl (C=O) groups excluding carboxylic acids is 1. The van der Waals surface area contributed by atoms with Crippen molar-refractivity contribution in [3.63, 3.8) is 0 Å². The summed E-state index contributed by atoms with van der Waals surface area (Å²) in [7, 11) is 0. The number of nitrogens with two attached hydrogens (primary N) is 1. The average Bonchev–Trinajstić information content (AvgIpc) is 2.26. The van der Waals surface area contributed by atoms with Crippen molar-refractivity contribution in [2.75, 3.05) is 5.73 Å². The minimum Gasteiger partial charge on any atom is -0.399 e. The first-order valence-corrected chi connectivity index (χ1v) is 6.03. The van der Waals surface area contributed by atoms with Crippen LogP contribution in [0.5, 0.6) is 0 Å². The molecule has 0 aliphatic carbocycles. The zero-order valence-corrected chi connectivity index (χ0v) is 11.0. The molecule has 0 saturated heterocycles. The smallest absolute Gasteiger partial charge is 0.193 e. The molecule has 0 atom stereocenters. The summed E-state index contributed by atoms with van der Waals surface area (Å²) in [5.41, 5.74) is 8.65. The molecule has 0 unspecified atom stereocenters. The number of carbonyl (C=O) groups is 1. The summed E-state index contributed by atoms with van der Waals surface area (Å²) < 4.78 is 0.813. The highest BCUT2D eigenvalue weighted by Crippen LogP contribution is 2.20. The number of hydrogen-bond donors (Lipinski definition) is 1. The number of hydrogen-bond acceptors (Lipinski definition) is 2.